The molecule has 0 atom stereocenters. The van der Waals surface area contributed by atoms with E-state index in [1.807, 2.05) is 6.07 Å². The molecule has 2 N–H and O–H groups in total. The van der Waals surface area contributed by atoms with E-state index in [-0.39, 0.29) is 11.1 Å². The van der Waals surface area contributed by atoms with E-state index in [0.717, 1.165) is 0 Å². The normalized spacial score (nSPS) is 15.7. The molecule has 1 aromatic carbocycles. The Kier molecular flexibility index (Phi) is 5.24. The van der Waals surface area contributed by atoms with Crippen molar-refractivity contribution >= 4 is 11.9 Å². The molecule has 5 heteroatoms. The van der Waals surface area contributed by atoms with Crippen LogP contribution in [0.2, 0.25) is 0 Å². The Bertz CT molecular complexity index is 693. The maximum Gasteiger partial charge on any atom is 0.334 e. The van der Waals surface area contributed by atoms with E-state index in [4.69, 9.17) is 0 Å². The second kappa shape index (κ2) is 7.17. The number of rotatable bonds is 6. The molecule has 5 nitrogen and oxygen atoms in total. The number of benzene rings is 1. The zero-order valence-corrected chi connectivity index (χ0v) is 13.8. The average molecular weight is 327 g/mol. The summed E-state index contributed by atoms with van der Waals surface area (Å²) in [7, 11) is 0. The van der Waals surface area contributed by atoms with Gasteiger partial charge in [0.05, 0.1) is 17.1 Å². The standard InChI is InChI=1S/C19H21NO4/c1-4-5-11-20-12(2)15(18(21)22)17(14-9-7-6-8-10-14)16(13(20)3)19(23)24/h4,6-10,17H,1,5,11H2,2-3H3,(H,21,22)(H,23,24). The van der Waals surface area contributed by atoms with Gasteiger partial charge in [0.15, 0.2) is 0 Å². The van der Waals surface area contributed by atoms with Crippen LogP contribution in [0.25, 0.3) is 0 Å². The first kappa shape index (κ1) is 17.5. The Balaban J connectivity index is 2.70. The van der Waals surface area contributed by atoms with Crippen LogP contribution in [-0.4, -0.2) is 33.6 Å². The molecule has 1 aliphatic rings. The Hall–Kier alpha value is -2.82. The van der Waals surface area contributed by atoms with Crippen molar-refractivity contribution in [3.05, 3.63) is 71.1 Å². The molecular weight excluding hydrogens is 306 g/mol. The van der Waals surface area contributed by atoms with Gasteiger partial charge >= 0.3 is 11.9 Å². The van der Waals surface area contributed by atoms with Gasteiger partial charge in [-0.05, 0) is 25.8 Å². The highest BCUT2D eigenvalue weighted by Crippen LogP contribution is 2.41. The lowest BCUT2D eigenvalue weighted by Gasteiger charge is -2.37. The number of aliphatic carboxylic acids is 2. The summed E-state index contributed by atoms with van der Waals surface area (Å²) < 4.78 is 0. The maximum absolute atomic E-state index is 11.9. The molecule has 1 aliphatic heterocycles. The topological polar surface area (TPSA) is 77.8 Å². The molecule has 0 spiro atoms. The van der Waals surface area contributed by atoms with E-state index in [2.05, 4.69) is 6.58 Å². The molecule has 2 rings (SSSR count). The second-order valence-electron chi connectivity index (χ2n) is 5.68. The Morgan fingerprint density at radius 1 is 1.08 bits per heavy atom. The molecule has 0 fully saturated rings. The third-order valence-corrected chi connectivity index (χ3v) is 4.32. The molecule has 0 bridgehead atoms. The van der Waals surface area contributed by atoms with E-state index in [1.165, 1.54) is 0 Å². The van der Waals surface area contributed by atoms with Crippen molar-refractivity contribution in [3.8, 4) is 0 Å². The molecule has 0 aliphatic carbocycles. The van der Waals surface area contributed by atoms with Crippen LogP contribution < -0.4 is 0 Å². The van der Waals surface area contributed by atoms with Crippen LogP contribution in [0.3, 0.4) is 0 Å². The third-order valence-electron chi connectivity index (χ3n) is 4.32. The SMILES string of the molecule is C=CCCN1C(C)=C(C(=O)O)C(c2ccccc2)C(C(=O)O)=C1C. The first-order valence-electron chi connectivity index (χ1n) is 7.71. The molecule has 126 valence electrons. The van der Waals surface area contributed by atoms with Crippen molar-refractivity contribution in [2.45, 2.75) is 26.2 Å². The fourth-order valence-electron chi connectivity index (χ4n) is 3.20. The molecule has 1 heterocycles. The van der Waals surface area contributed by atoms with Gasteiger partial charge in [0.1, 0.15) is 0 Å². The van der Waals surface area contributed by atoms with Gasteiger partial charge in [-0.25, -0.2) is 9.59 Å². The summed E-state index contributed by atoms with van der Waals surface area (Å²) in [4.78, 5) is 25.6. The van der Waals surface area contributed by atoms with Crippen molar-refractivity contribution < 1.29 is 19.8 Å². The molecule has 0 unspecified atom stereocenters. The fourth-order valence-corrected chi connectivity index (χ4v) is 3.20. The molecule has 0 amide bonds. The molecule has 0 saturated heterocycles. The highest BCUT2D eigenvalue weighted by molar-refractivity contribution is 5.98. The van der Waals surface area contributed by atoms with Crippen molar-refractivity contribution in [3.63, 3.8) is 0 Å². The smallest absolute Gasteiger partial charge is 0.334 e. The van der Waals surface area contributed by atoms with Crippen LogP contribution in [-0.2, 0) is 9.59 Å². The summed E-state index contributed by atoms with van der Waals surface area (Å²) in [5.41, 5.74) is 2.01. The largest absolute Gasteiger partial charge is 0.478 e. The maximum atomic E-state index is 11.9. The van der Waals surface area contributed by atoms with Gasteiger partial charge in [-0.3, -0.25) is 0 Å². The van der Waals surface area contributed by atoms with Crippen LogP contribution in [0.5, 0.6) is 0 Å². The lowest BCUT2D eigenvalue weighted by Crippen LogP contribution is -2.34. The van der Waals surface area contributed by atoms with Crippen molar-refractivity contribution in [2.24, 2.45) is 0 Å². The number of carboxylic acid groups (broad SMARTS) is 2. The minimum absolute atomic E-state index is 0.105. The predicted molar refractivity (Wildman–Crippen MR) is 91.4 cm³/mol. The van der Waals surface area contributed by atoms with Gasteiger partial charge in [0, 0.05) is 17.9 Å². The van der Waals surface area contributed by atoms with Crippen molar-refractivity contribution in [2.75, 3.05) is 6.54 Å². The number of allylic oxidation sites excluding steroid dienone is 2. The molecule has 24 heavy (non-hydrogen) atoms. The van der Waals surface area contributed by atoms with Crippen molar-refractivity contribution in [1.82, 2.24) is 4.90 Å². The van der Waals surface area contributed by atoms with Crippen LogP contribution in [0.4, 0.5) is 0 Å². The highest BCUT2D eigenvalue weighted by Gasteiger charge is 2.38. The quantitative estimate of drug-likeness (QED) is 0.783. The van der Waals surface area contributed by atoms with Gasteiger partial charge in [0.2, 0.25) is 0 Å². The lowest BCUT2D eigenvalue weighted by atomic mass is 9.80. The Labute approximate surface area is 141 Å². The summed E-state index contributed by atoms with van der Waals surface area (Å²) in [6.45, 7) is 7.62. The lowest BCUT2D eigenvalue weighted by molar-refractivity contribution is -0.133. The van der Waals surface area contributed by atoms with Crippen molar-refractivity contribution in [1.29, 1.82) is 0 Å². The van der Waals surface area contributed by atoms with Gasteiger partial charge in [0.25, 0.3) is 0 Å². The predicted octanol–water partition coefficient (Wildman–Crippen LogP) is 3.38. The summed E-state index contributed by atoms with van der Waals surface area (Å²) in [5.74, 6) is -2.99. The van der Waals surface area contributed by atoms with E-state index in [1.54, 1.807) is 49.1 Å². The molecular formula is C19H21NO4. The minimum atomic E-state index is -1.10. The Morgan fingerprint density at radius 2 is 1.58 bits per heavy atom. The minimum Gasteiger partial charge on any atom is -0.478 e. The zero-order valence-electron chi connectivity index (χ0n) is 13.8. The summed E-state index contributed by atoms with van der Waals surface area (Å²) in [6.07, 6.45) is 2.36. The molecule has 1 aromatic rings. The molecule has 0 radical (unpaired) electrons. The molecule has 0 aromatic heterocycles. The van der Waals surface area contributed by atoms with Gasteiger partial charge in [-0.15, -0.1) is 6.58 Å². The van der Waals surface area contributed by atoms with Gasteiger partial charge in [-0.2, -0.15) is 0 Å². The van der Waals surface area contributed by atoms with Crippen LogP contribution in [0.15, 0.2) is 65.5 Å². The fraction of sp³-hybridized carbons (Fsp3) is 0.263. The van der Waals surface area contributed by atoms with Crippen LogP contribution in [0.1, 0.15) is 31.7 Å². The average Bonchev–Trinajstić information content (AvgIpc) is 2.54. The number of nitrogens with zero attached hydrogens (tertiary/aromatic N) is 1. The number of carboxylic acids is 2. The highest BCUT2D eigenvalue weighted by atomic mass is 16.4. The van der Waals surface area contributed by atoms with E-state index >= 15 is 0 Å². The van der Waals surface area contributed by atoms with Gasteiger partial charge < -0.3 is 15.1 Å². The van der Waals surface area contributed by atoms with E-state index in [9.17, 15) is 19.8 Å². The first-order valence-corrected chi connectivity index (χ1v) is 7.71. The Morgan fingerprint density at radius 3 is 2.00 bits per heavy atom. The number of hydrogen-bond donors (Lipinski definition) is 2. The van der Waals surface area contributed by atoms with Crippen LogP contribution in [0, 0.1) is 0 Å². The van der Waals surface area contributed by atoms with Gasteiger partial charge in [-0.1, -0.05) is 36.4 Å². The summed E-state index contributed by atoms with van der Waals surface area (Å²) in [5, 5.41) is 19.5. The van der Waals surface area contributed by atoms with Crippen LogP contribution >= 0.6 is 0 Å². The number of carbonyl (C=O) groups is 2. The summed E-state index contributed by atoms with van der Waals surface area (Å²) >= 11 is 0. The molecule has 0 saturated carbocycles. The second-order valence-corrected chi connectivity index (χ2v) is 5.68. The van der Waals surface area contributed by atoms with E-state index < -0.39 is 17.9 Å². The number of hydrogen-bond acceptors (Lipinski definition) is 3. The summed E-state index contributed by atoms with van der Waals surface area (Å²) in [6, 6.07) is 8.90. The zero-order chi connectivity index (χ0) is 17.9. The van der Waals surface area contributed by atoms with E-state index in [0.29, 0.717) is 29.9 Å². The monoisotopic (exact) mass is 327 g/mol. The third kappa shape index (κ3) is 3.11. The first-order chi connectivity index (χ1) is 11.4.